The van der Waals surface area contributed by atoms with Gasteiger partial charge in [-0.2, -0.15) is 0 Å². The van der Waals surface area contributed by atoms with Crippen molar-refractivity contribution in [3.8, 4) is 22.6 Å². The van der Waals surface area contributed by atoms with Crippen molar-refractivity contribution in [1.29, 1.82) is 0 Å². The monoisotopic (exact) mass is 606 g/mol. The summed E-state index contributed by atoms with van der Waals surface area (Å²) in [4.78, 5) is 74.4. The van der Waals surface area contributed by atoms with Gasteiger partial charge in [0.15, 0.2) is 11.2 Å². The smallest absolute Gasteiger partial charge is 0.260 e. The number of H-pyrrole nitrogens is 1. The summed E-state index contributed by atoms with van der Waals surface area (Å²) in [5.74, 6) is -2.59. The summed E-state index contributed by atoms with van der Waals surface area (Å²) in [5, 5.41) is 36.5. The number of pyridine rings is 1. The predicted molar refractivity (Wildman–Crippen MR) is 163 cm³/mol. The van der Waals surface area contributed by atoms with Crippen molar-refractivity contribution in [1.82, 2.24) is 4.98 Å². The van der Waals surface area contributed by atoms with E-state index in [9.17, 15) is 39.3 Å². The molecule has 1 heterocycles. The number of rotatable bonds is 4. The zero-order valence-corrected chi connectivity index (χ0v) is 23.7. The highest BCUT2D eigenvalue weighted by Crippen LogP contribution is 2.56. The average Bonchev–Trinajstić information content (AvgIpc) is 3.53. The number of nitrogens with zero attached hydrogens (tertiary/aromatic N) is 1. The molecular formula is C33H22N2O10. The van der Waals surface area contributed by atoms with E-state index >= 15 is 0 Å². The van der Waals surface area contributed by atoms with E-state index in [1.165, 1.54) is 13.3 Å². The Morgan fingerprint density at radius 1 is 0.867 bits per heavy atom. The molecule has 0 radical (unpaired) electrons. The van der Waals surface area contributed by atoms with Crippen LogP contribution in [0.4, 0.5) is 0 Å². The Labute approximate surface area is 250 Å². The molecule has 0 amide bonds. The fraction of sp³-hybridized carbons (Fsp3) is 0.152. The van der Waals surface area contributed by atoms with E-state index in [0.29, 0.717) is 22.1 Å². The molecule has 4 aliphatic carbocycles. The molecule has 12 nitrogen and oxygen atoms in total. The molecule has 7 rings (SSSR count). The number of aliphatic hydroxyl groups excluding tert-OH is 2. The van der Waals surface area contributed by atoms with Gasteiger partial charge >= 0.3 is 0 Å². The second-order valence-electron chi connectivity index (χ2n) is 10.9. The van der Waals surface area contributed by atoms with Crippen molar-refractivity contribution in [3.63, 3.8) is 0 Å². The third-order valence-electron chi connectivity index (χ3n) is 8.81. The Morgan fingerprint density at radius 2 is 1.53 bits per heavy atom. The Kier molecular flexibility index (Phi) is 5.85. The van der Waals surface area contributed by atoms with Crippen LogP contribution >= 0.6 is 0 Å². The third-order valence-corrected chi connectivity index (χ3v) is 8.81. The van der Waals surface area contributed by atoms with Gasteiger partial charge < -0.3 is 29.9 Å². The molecule has 12 heteroatoms. The Morgan fingerprint density at radius 3 is 2.18 bits per heavy atom. The fourth-order valence-corrected chi connectivity index (χ4v) is 6.98. The molecule has 1 spiro atoms. The lowest BCUT2D eigenvalue weighted by Gasteiger charge is -2.28. The van der Waals surface area contributed by atoms with Crippen LogP contribution in [0.2, 0.25) is 0 Å². The van der Waals surface area contributed by atoms with Gasteiger partial charge in [0.1, 0.15) is 29.8 Å². The van der Waals surface area contributed by atoms with Gasteiger partial charge in [-0.1, -0.05) is 35.5 Å². The molecule has 0 bridgehead atoms. The highest BCUT2D eigenvalue weighted by atomic mass is 16.6. The van der Waals surface area contributed by atoms with Crippen molar-refractivity contribution < 1.29 is 24.9 Å². The van der Waals surface area contributed by atoms with Crippen molar-refractivity contribution in [2.45, 2.75) is 18.3 Å². The number of nitrogens with one attached hydrogen (secondary N) is 1. The van der Waals surface area contributed by atoms with E-state index < -0.39 is 76.6 Å². The summed E-state index contributed by atoms with van der Waals surface area (Å²) < 4.78 is 4.93. The van der Waals surface area contributed by atoms with Gasteiger partial charge in [-0.3, -0.25) is 24.0 Å². The van der Waals surface area contributed by atoms with Gasteiger partial charge in [0.2, 0.25) is 16.3 Å². The van der Waals surface area contributed by atoms with Crippen LogP contribution < -0.4 is 42.4 Å². The van der Waals surface area contributed by atoms with E-state index in [4.69, 9.17) is 9.57 Å². The molecular weight excluding hydrogens is 584 g/mol. The van der Waals surface area contributed by atoms with Crippen molar-refractivity contribution >= 4 is 28.5 Å². The molecule has 4 N–H and O–H groups in total. The number of oxime groups is 1. The maximum Gasteiger partial charge on any atom is 0.260 e. The zero-order chi connectivity index (χ0) is 31.9. The summed E-state index contributed by atoms with van der Waals surface area (Å²) in [5.41, 5.74) is -5.22. The molecule has 2 aromatic carbocycles. The molecule has 0 saturated heterocycles. The van der Waals surface area contributed by atoms with Gasteiger partial charge in [0.05, 0.1) is 45.3 Å². The number of hydrogen-bond acceptors (Lipinski definition) is 11. The summed E-state index contributed by atoms with van der Waals surface area (Å²) in [6.07, 6.45) is 1.28. The molecule has 0 aliphatic heterocycles. The first-order valence-corrected chi connectivity index (χ1v) is 13.7. The van der Waals surface area contributed by atoms with Crippen LogP contribution in [0.25, 0.3) is 33.4 Å². The van der Waals surface area contributed by atoms with Crippen molar-refractivity contribution in [2.75, 3.05) is 14.2 Å². The SMILES string of the molecule is CO/N=C/c1cc2c(-c3ccccc3)c3c(c(O)c2c(=O)[nH]1)C1(CC3)C(O)=c2c(=O)c3c(=O)cc(OC)c(=O)c=3c(=O)c2=C1O. The first-order valence-electron chi connectivity index (χ1n) is 13.7. The van der Waals surface area contributed by atoms with E-state index in [-0.39, 0.29) is 29.5 Å². The number of hydrogen-bond donors (Lipinski definition) is 4. The number of benzene rings is 2. The highest BCUT2D eigenvalue weighted by Gasteiger charge is 2.54. The molecule has 1 aromatic heterocycles. The molecule has 224 valence electrons. The quantitative estimate of drug-likeness (QED) is 0.162. The van der Waals surface area contributed by atoms with Crippen LogP contribution in [0.1, 0.15) is 23.2 Å². The van der Waals surface area contributed by atoms with Crippen molar-refractivity contribution in [3.05, 3.63) is 131 Å². The third kappa shape index (κ3) is 3.41. The maximum atomic E-state index is 13.8. The predicted octanol–water partition coefficient (Wildman–Crippen LogP) is 0.161. The van der Waals surface area contributed by atoms with Gasteiger partial charge in [0.25, 0.3) is 5.56 Å². The molecule has 1 atom stereocenters. The van der Waals surface area contributed by atoms with E-state index in [1.807, 2.05) is 0 Å². The Balaban J connectivity index is 1.69. The lowest BCUT2D eigenvalue weighted by molar-refractivity contribution is 0.215. The van der Waals surface area contributed by atoms with E-state index in [0.717, 1.165) is 13.2 Å². The number of ether oxygens (including phenoxy) is 1. The minimum absolute atomic E-state index is 0.0750. The molecule has 3 aromatic rings. The van der Waals surface area contributed by atoms with Gasteiger partial charge in [-0.15, -0.1) is 0 Å². The van der Waals surface area contributed by atoms with Gasteiger partial charge in [-0.05, 0) is 35.6 Å². The number of aromatic hydroxyl groups is 1. The lowest BCUT2D eigenvalue weighted by Crippen LogP contribution is -2.51. The topological polar surface area (TPSA) is 193 Å². The minimum Gasteiger partial charge on any atom is -0.510 e. The van der Waals surface area contributed by atoms with E-state index in [2.05, 4.69) is 10.1 Å². The van der Waals surface area contributed by atoms with Gasteiger partial charge in [-0.25, -0.2) is 0 Å². The van der Waals surface area contributed by atoms with Crippen LogP contribution in [0.5, 0.6) is 11.5 Å². The zero-order valence-electron chi connectivity index (χ0n) is 23.7. The summed E-state index contributed by atoms with van der Waals surface area (Å²) >= 11 is 0. The number of aromatic amines is 1. The Hall–Kier alpha value is -6.04. The lowest BCUT2D eigenvalue weighted by atomic mass is 9.77. The normalized spacial score (nSPS) is 17.1. The Bertz CT molecular complexity index is 2650. The molecule has 0 fully saturated rings. The second-order valence-corrected chi connectivity index (χ2v) is 10.9. The summed E-state index contributed by atoms with van der Waals surface area (Å²) in [6.45, 7) is 0. The van der Waals surface area contributed by atoms with Crippen molar-refractivity contribution in [2.24, 2.45) is 5.16 Å². The first-order chi connectivity index (χ1) is 21.6. The number of methoxy groups -OCH3 is 1. The number of phenols is 1. The van der Waals surface area contributed by atoms with Crippen LogP contribution in [-0.2, 0) is 16.7 Å². The summed E-state index contributed by atoms with van der Waals surface area (Å²) in [7, 11) is 2.46. The van der Waals surface area contributed by atoms with Crippen LogP contribution in [0.3, 0.4) is 0 Å². The molecule has 0 saturated carbocycles. The largest absolute Gasteiger partial charge is 0.510 e. The average molecular weight is 607 g/mol. The number of fused-ring (bicyclic) bond motifs is 4. The fourth-order valence-electron chi connectivity index (χ4n) is 6.98. The molecule has 45 heavy (non-hydrogen) atoms. The van der Waals surface area contributed by atoms with Gasteiger partial charge in [0, 0.05) is 17.0 Å². The minimum atomic E-state index is -2.03. The first kappa shape index (κ1) is 27.8. The number of phenolic OH excluding ortho intramolecular Hbond substituents is 1. The highest BCUT2D eigenvalue weighted by molar-refractivity contribution is 6.06. The van der Waals surface area contributed by atoms with E-state index in [1.54, 1.807) is 36.4 Å². The summed E-state index contributed by atoms with van der Waals surface area (Å²) in [6, 6.07) is 11.3. The molecule has 1 unspecified atom stereocenters. The second kappa shape index (κ2) is 9.48. The maximum absolute atomic E-state index is 13.8. The number of aromatic nitrogens is 1. The van der Waals surface area contributed by atoms with Crippen LogP contribution in [0, 0.1) is 10.4 Å². The van der Waals surface area contributed by atoms with Crippen LogP contribution in [-0.4, -0.2) is 40.7 Å². The number of aliphatic hydroxyl groups is 2. The van der Waals surface area contributed by atoms with Crippen LogP contribution in [0.15, 0.2) is 71.6 Å². The molecule has 4 aliphatic rings. The standard InChI is InChI=1S/C33H22N2O10/c1-44-18-11-17(36)21-22(26(18)37)28(39)24-23(27(21)38)30(41)33(31(24)42)9-8-15-19(13-6-4-3-5-7-13)16-10-14(12-34-45-2)35-32(43)20(16)29(40)25(15)33/h3-7,10-12,40-42H,8-9H2,1-2H3,(H,35,43)/b34-12+.